The molecule has 0 aliphatic heterocycles. The lowest BCUT2D eigenvalue weighted by Crippen LogP contribution is -2.09. The minimum absolute atomic E-state index is 0.319. The van der Waals surface area contributed by atoms with Crippen molar-refractivity contribution in [2.45, 2.75) is 6.54 Å². The minimum atomic E-state index is 0.319. The van der Waals surface area contributed by atoms with Gasteiger partial charge < -0.3 is 10.0 Å². The molecule has 0 atom stereocenters. The zero-order valence-electron chi connectivity index (χ0n) is 9.47. The van der Waals surface area contributed by atoms with E-state index in [1.807, 2.05) is 12.1 Å². The number of phenols is 1. The molecule has 0 unspecified atom stereocenters. The first-order chi connectivity index (χ1) is 7.65. The van der Waals surface area contributed by atoms with Gasteiger partial charge in [-0.05, 0) is 43.9 Å². The number of benzene rings is 1. The van der Waals surface area contributed by atoms with Gasteiger partial charge in [0, 0.05) is 16.3 Å². The van der Waals surface area contributed by atoms with Crippen LogP contribution in [0.25, 0.3) is 10.4 Å². The van der Waals surface area contributed by atoms with Crippen LogP contribution in [0.5, 0.6) is 5.75 Å². The van der Waals surface area contributed by atoms with Gasteiger partial charge in [0.15, 0.2) is 0 Å². The van der Waals surface area contributed by atoms with E-state index in [0.29, 0.717) is 5.75 Å². The summed E-state index contributed by atoms with van der Waals surface area (Å²) in [5, 5.41) is 9.42. The summed E-state index contributed by atoms with van der Waals surface area (Å²) in [7, 11) is 4.13. The number of thiophene rings is 1. The van der Waals surface area contributed by atoms with Crippen molar-refractivity contribution < 1.29 is 5.11 Å². The average molecular weight is 233 g/mol. The first-order valence-electron chi connectivity index (χ1n) is 5.18. The van der Waals surface area contributed by atoms with Crippen molar-refractivity contribution in [3.05, 3.63) is 41.3 Å². The van der Waals surface area contributed by atoms with E-state index in [1.165, 1.54) is 9.75 Å². The fourth-order valence-electron chi connectivity index (χ4n) is 1.59. The van der Waals surface area contributed by atoms with Crippen LogP contribution in [0.2, 0.25) is 0 Å². The highest BCUT2D eigenvalue weighted by Crippen LogP contribution is 2.30. The molecule has 0 bridgehead atoms. The maximum Gasteiger partial charge on any atom is 0.116 e. The predicted octanol–water partition coefficient (Wildman–Crippen LogP) is 3.18. The quantitative estimate of drug-likeness (QED) is 0.880. The second-order valence-electron chi connectivity index (χ2n) is 4.05. The van der Waals surface area contributed by atoms with Gasteiger partial charge in [-0.25, -0.2) is 0 Å². The van der Waals surface area contributed by atoms with Crippen LogP contribution in [0.1, 0.15) is 4.88 Å². The Balaban J connectivity index is 2.24. The Morgan fingerprint density at radius 2 is 2.00 bits per heavy atom. The standard InChI is InChI=1S/C13H15NOS/c1-14(2)9-12-6-7-13(16-12)10-4-3-5-11(15)8-10/h3-8,15H,9H2,1-2H3. The molecular weight excluding hydrogens is 218 g/mol. The molecule has 0 spiro atoms. The molecule has 0 saturated heterocycles. The topological polar surface area (TPSA) is 23.5 Å². The van der Waals surface area contributed by atoms with E-state index in [9.17, 15) is 5.11 Å². The van der Waals surface area contributed by atoms with E-state index in [4.69, 9.17) is 0 Å². The zero-order valence-corrected chi connectivity index (χ0v) is 10.3. The molecule has 3 heteroatoms. The van der Waals surface area contributed by atoms with Gasteiger partial charge in [0.2, 0.25) is 0 Å². The maximum absolute atomic E-state index is 9.42. The number of phenolic OH excluding ortho intramolecular Hbond substituents is 1. The van der Waals surface area contributed by atoms with Crippen LogP contribution in [-0.2, 0) is 6.54 Å². The first kappa shape index (κ1) is 11.2. The van der Waals surface area contributed by atoms with Crippen molar-refractivity contribution in [2.24, 2.45) is 0 Å². The third-order valence-corrected chi connectivity index (χ3v) is 3.38. The van der Waals surface area contributed by atoms with Crippen LogP contribution in [0.4, 0.5) is 0 Å². The number of nitrogens with zero attached hydrogens (tertiary/aromatic N) is 1. The van der Waals surface area contributed by atoms with E-state index in [0.717, 1.165) is 12.1 Å². The summed E-state index contributed by atoms with van der Waals surface area (Å²) >= 11 is 1.77. The molecule has 1 aromatic heterocycles. The van der Waals surface area contributed by atoms with E-state index < -0.39 is 0 Å². The summed E-state index contributed by atoms with van der Waals surface area (Å²) in [6, 6.07) is 11.6. The second kappa shape index (κ2) is 4.68. The van der Waals surface area contributed by atoms with E-state index >= 15 is 0 Å². The number of rotatable bonds is 3. The molecule has 84 valence electrons. The third kappa shape index (κ3) is 2.62. The van der Waals surface area contributed by atoms with Crippen LogP contribution in [-0.4, -0.2) is 24.1 Å². The van der Waals surface area contributed by atoms with E-state index in [2.05, 4.69) is 31.1 Å². The highest BCUT2D eigenvalue weighted by molar-refractivity contribution is 7.15. The van der Waals surface area contributed by atoms with Gasteiger partial charge in [-0.1, -0.05) is 12.1 Å². The number of aromatic hydroxyl groups is 1. The lowest BCUT2D eigenvalue weighted by atomic mass is 10.2. The molecule has 0 saturated carbocycles. The van der Waals surface area contributed by atoms with Crippen molar-refractivity contribution in [2.75, 3.05) is 14.1 Å². The molecule has 0 fully saturated rings. The summed E-state index contributed by atoms with van der Waals surface area (Å²) in [5.41, 5.74) is 1.08. The fourth-order valence-corrected chi connectivity index (χ4v) is 2.71. The molecule has 0 amide bonds. The Kier molecular flexibility index (Phi) is 3.27. The second-order valence-corrected chi connectivity index (χ2v) is 5.22. The Labute approximate surface area is 99.8 Å². The van der Waals surface area contributed by atoms with Crippen molar-refractivity contribution >= 4 is 11.3 Å². The normalized spacial score (nSPS) is 10.9. The molecule has 2 aromatic rings. The van der Waals surface area contributed by atoms with E-state index in [1.54, 1.807) is 23.5 Å². The van der Waals surface area contributed by atoms with Crippen LogP contribution in [0.3, 0.4) is 0 Å². The highest BCUT2D eigenvalue weighted by atomic mass is 32.1. The minimum Gasteiger partial charge on any atom is -0.508 e. The number of hydrogen-bond donors (Lipinski definition) is 1. The van der Waals surface area contributed by atoms with Gasteiger partial charge in [-0.15, -0.1) is 11.3 Å². The summed E-state index contributed by atoms with van der Waals surface area (Å²) < 4.78 is 0. The Morgan fingerprint density at radius 1 is 1.19 bits per heavy atom. The van der Waals surface area contributed by atoms with Gasteiger partial charge in [-0.3, -0.25) is 0 Å². The molecule has 0 aliphatic rings. The summed E-state index contributed by atoms with van der Waals surface area (Å²) in [5.74, 6) is 0.319. The molecule has 1 aromatic carbocycles. The third-order valence-electron chi connectivity index (χ3n) is 2.26. The van der Waals surface area contributed by atoms with Crippen molar-refractivity contribution in [1.82, 2.24) is 4.90 Å². The zero-order chi connectivity index (χ0) is 11.5. The predicted molar refractivity (Wildman–Crippen MR) is 68.8 cm³/mol. The van der Waals surface area contributed by atoms with E-state index in [-0.39, 0.29) is 0 Å². The fraction of sp³-hybridized carbons (Fsp3) is 0.231. The largest absolute Gasteiger partial charge is 0.508 e. The lowest BCUT2D eigenvalue weighted by molar-refractivity contribution is 0.406. The van der Waals surface area contributed by atoms with Crippen LogP contribution >= 0.6 is 11.3 Å². The molecule has 0 aliphatic carbocycles. The maximum atomic E-state index is 9.42. The Bertz CT molecular complexity index is 476. The van der Waals surface area contributed by atoms with Gasteiger partial charge >= 0.3 is 0 Å². The molecule has 1 N–H and O–H groups in total. The molecule has 0 radical (unpaired) electrons. The monoisotopic (exact) mass is 233 g/mol. The summed E-state index contributed by atoms with van der Waals surface area (Å²) in [4.78, 5) is 4.69. The smallest absolute Gasteiger partial charge is 0.116 e. The van der Waals surface area contributed by atoms with Crippen LogP contribution in [0.15, 0.2) is 36.4 Å². The van der Waals surface area contributed by atoms with Gasteiger partial charge in [0.05, 0.1) is 0 Å². The lowest BCUT2D eigenvalue weighted by Gasteiger charge is -2.06. The summed E-state index contributed by atoms with van der Waals surface area (Å²) in [6.45, 7) is 0.962. The average Bonchev–Trinajstić information content (AvgIpc) is 2.65. The first-order valence-corrected chi connectivity index (χ1v) is 5.99. The Morgan fingerprint density at radius 3 is 2.69 bits per heavy atom. The van der Waals surface area contributed by atoms with Gasteiger partial charge in [-0.2, -0.15) is 0 Å². The Hall–Kier alpha value is -1.32. The summed E-state index contributed by atoms with van der Waals surface area (Å²) in [6.07, 6.45) is 0. The number of hydrogen-bond acceptors (Lipinski definition) is 3. The van der Waals surface area contributed by atoms with Crippen molar-refractivity contribution in [3.63, 3.8) is 0 Å². The van der Waals surface area contributed by atoms with Crippen LogP contribution < -0.4 is 0 Å². The highest BCUT2D eigenvalue weighted by Gasteiger charge is 2.04. The van der Waals surface area contributed by atoms with Crippen molar-refractivity contribution in [1.29, 1.82) is 0 Å². The van der Waals surface area contributed by atoms with Gasteiger partial charge in [0.1, 0.15) is 5.75 Å². The van der Waals surface area contributed by atoms with Gasteiger partial charge in [0.25, 0.3) is 0 Å². The molecular formula is C13H15NOS. The SMILES string of the molecule is CN(C)Cc1ccc(-c2cccc(O)c2)s1. The molecule has 16 heavy (non-hydrogen) atoms. The van der Waals surface area contributed by atoms with Crippen molar-refractivity contribution in [3.8, 4) is 16.2 Å². The molecule has 1 heterocycles. The molecule has 2 nitrogen and oxygen atoms in total. The molecule has 2 rings (SSSR count). The van der Waals surface area contributed by atoms with Crippen LogP contribution in [0, 0.1) is 0 Å².